The first kappa shape index (κ1) is 32.1. The lowest BCUT2D eigenvalue weighted by Gasteiger charge is -2.27. The van der Waals surface area contributed by atoms with Crippen LogP contribution in [0.2, 0.25) is 0 Å². The Labute approximate surface area is 276 Å². The van der Waals surface area contributed by atoms with E-state index in [-0.39, 0.29) is 54.4 Å². The number of hydrogen-bond donors (Lipinski definition) is 3. The van der Waals surface area contributed by atoms with Gasteiger partial charge in [-0.15, -0.1) is 0 Å². The molecular formula is C34H35F6N7O2. The summed E-state index contributed by atoms with van der Waals surface area (Å²) in [5.74, 6) is -11.6. The summed E-state index contributed by atoms with van der Waals surface area (Å²) in [5, 5.41) is 8.72. The second-order valence-electron chi connectivity index (χ2n) is 13.9. The maximum Gasteiger partial charge on any atom is 0.265 e. The molecule has 5 atom stereocenters. The number of alkyl halides is 5. The average molecular weight is 688 g/mol. The number of halogens is 6. The zero-order valence-electron chi connectivity index (χ0n) is 26.6. The van der Waals surface area contributed by atoms with Crippen LogP contribution >= 0.6 is 0 Å². The molecule has 2 saturated carbocycles. The van der Waals surface area contributed by atoms with E-state index in [0.717, 1.165) is 12.8 Å². The summed E-state index contributed by atoms with van der Waals surface area (Å²) in [7, 11) is 0. The molecule has 2 aliphatic carbocycles. The van der Waals surface area contributed by atoms with Gasteiger partial charge in [0.1, 0.15) is 23.6 Å². The SMILES string of the molecule is C[C@H]1NC(=O)[C@H]2[C@H](CCCC(F)(F)Cn3c(-c4nc5cc(C(=O)N[C@H]6CNCC[C@@H]6F)c(F)cc5n4C4CC4)cc4ccc1nc43)C2(F)F. The number of hydrogen-bond acceptors (Lipinski definition) is 5. The van der Waals surface area contributed by atoms with E-state index in [1.165, 1.54) is 16.7 Å². The molecule has 3 aromatic heterocycles. The molecule has 0 radical (unpaired) electrons. The van der Waals surface area contributed by atoms with E-state index in [1.807, 2.05) is 0 Å². The highest BCUT2D eigenvalue weighted by Gasteiger charge is 2.71. The third-order valence-corrected chi connectivity index (χ3v) is 10.4. The third-order valence-electron chi connectivity index (χ3n) is 10.4. The maximum atomic E-state index is 15.7. The van der Waals surface area contributed by atoms with Gasteiger partial charge in [-0.3, -0.25) is 9.59 Å². The van der Waals surface area contributed by atoms with E-state index in [2.05, 4.69) is 20.9 Å². The number of piperidine rings is 1. The molecule has 15 heteroatoms. The molecule has 8 rings (SSSR count). The number of pyridine rings is 1. The second kappa shape index (κ2) is 11.5. The van der Waals surface area contributed by atoms with Gasteiger partial charge >= 0.3 is 0 Å². The van der Waals surface area contributed by atoms with Crippen LogP contribution in [0.5, 0.6) is 0 Å². The van der Waals surface area contributed by atoms with Crippen LogP contribution < -0.4 is 16.0 Å². The number of carbonyl (C=O) groups excluding carboxylic acids is 2. The average Bonchev–Trinajstić information content (AvgIpc) is 3.89. The number of nitrogens with zero attached hydrogens (tertiary/aromatic N) is 4. The summed E-state index contributed by atoms with van der Waals surface area (Å²) in [4.78, 5) is 35.3. The van der Waals surface area contributed by atoms with Gasteiger partial charge < -0.3 is 25.1 Å². The Morgan fingerprint density at radius 1 is 1.06 bits per heavy atom. The molecule has 1 aromatic carbocycles. The Kier molecular flexibility index (Phi) is 7.50. The van der Waals surface area contributed by atoms with Crippen LogP contribution in [0.1, 0.15) is 73.6 Å². The molecule has 3 N–H and O–H groups in total. The normalized spacial score (nSPS) is 28.2. The molecule has 2 bridgehead atoms. The molecule has 0 unspecified atom stereocenters. The minimum atomic E-state index is -3.33. The lowest BCUT2D eigenvalue weighted by molar-refractivity contribution is -0.125. The first-order valence-electron chi connectivity index (χ1n) is 16.8. The predicted octanol–water partition coefficient (Wildman–Crippen LogP) is 5.83. The number of carbonyl (C=O) groups is 2. The molecule has 1 saturated heterocycles. The molecule has 260 valence electrons. The quantitative estimate of drug-likeness (QED) is 0.234. The summed E-state index contributed by atoms with van der Waals surface area (Å²) in [6, 6.07) is 5.78. The topological polar surface area (TPSA) is 106 Å². The third kappa shape index (κ3) is 5.63. The fourth-order valence-corrected chi connectivity index (χ4v) is 7.49. The van der Waals surface area contributed by atoms with Crippen molar-refractivity contribution in [2.24, 2.45) is 11.8 Å². The number of aromatic nitrogens is 4. The van der Waals surface area contributed by atoms with Gasteiger partial charge in [0.2, 0.25) is 5.91 Å². The Bertz CT molecular complexity index is 1990. The molecule has 2 aliphatic heterocycles. The van der Waals surface area contributed by atoms with Crippen molar-refractivity contribution in [3.63, 3.8) is 0 Å². The van der Waals surface area contributed by atoms with Crippen molar-refractivity contribution in [1.29, 1.82) is 0 Å². The van der Waals surface area contributed by atoms with Crippen molar-refractivity contribution in [2.45, 2.75) is 88.1 Å². The monoisotopic (exact) mass is 687 g/mol. The molecule has 4 aromatic rings. The van der Waals surface area contributed by atoms with Crippen molar-refractivity contribution in [3.05, 3.63) is 47.4 Å². The van der Waals surface area contributed by atoms with E-state index in [4.69, 9.17) is 4.98 Å². The van der Waals surface area contributed by atoms with Crippen molar-refractivity contribution >= 4 is 33.9 Å². The molecule has 49 heavy (non-hydrogen) atoms. The fourth-order valence-electron chi connectivity index (χ4n) is 7.49. The minimum Gasteiger partial charge on any atom is -0.348 e. The summed E-state index contributed by atoms with van der Waals surface area (Å²) in [6.07, 6.45) is -0.660. The van der Waals surface area contributed by atoms with Gasteiger partial charge in [-0.05, 0) is 69.8 Å². The van der Waals surface area contributed by atoms with Crippen LogP contribution in [-0.4, -0.2) is 68.1 Å². The summed E-state index contributed by atoms with van der Waals surface area (Å²) in [6.45, 7) is 1.47. The molecule has 3 fully saturated rings. The van der Waals surface area contributed by atoms with Crippen LogP contribution in [0.25, 0.3) is 33.6 Å². The largest absolute Gasteiger partial charge is 0.348 e. The fraction of sp³-hybridized carbons (Fsp3) is 0.529. The van der Waals surface area contributed by atoms with E-state index in [1.54, 1.807) is 29.7 Å². The smallest absolute Gasteiger partial charge is 0.265 e. The van der Waals surface area contributed by atoms with Crippen molar-refractivity contribution in [3.8, 4) is 11.5 Å². The zero-order chi connectivity index (χ0) is 34.4. The lowest BCUT2D eigenvalue weighted by Crippen LogP contribution is -2.52. The number of fused-ring (bicyclic) bond motifs is 3. The zero-order valence-corrected chi connectivity index (χ0v) is 26.6. The Morgan fingerprint density at radius 2 is 1.86 bits per heavy atom. The van der Waals surface area contributed by atoms with Crippen molar-refractivity contribution in [2.75, 3.05) is 13.1 Å². The predicted molar refractivity (Wildman–Crippen MR) is 168 cm³/mol. The number of benzene rings is 1. The van der Waals surface area contributed by atoms with Gasteiger partial charge in [0.25, 0.3) is 17.8 Å². The standard InChI is InChI=1S/C34H35F6N7O2/c1-16-23-7-4-17-11-27(46(29(17)43-23)15-33(37,38)9-2-3-20-28(32(49)42-16)34(20,39)40)30-44-24-12-19(22(36)13-26(24)47(30)18-5-6-18)31(48)45-25-14-41-10-8-21(25)35/h4,7,11-13,16,18,20-21,25,28,41H,2-3,5-6,8-10,14-15H2,1H3,(H,42,49)(H,45,48)/t16-,20+,21+,25+,28-/m1/s1. The van der Waals surface area contributed by atoms with Crippen LogP contribution in [0.4, 0.5) is 26.3 Å². The van der Waals surface area contributed by atoms with Crippen LogP contribution in [0.3, 0.4) is 0 Å². The highest BCUT2D eigenvalue weighted by atomic mass is 19.3. The molecule has 4 aliphatic rings. The van der Waals surface area contributed by atoms with Gasteiger partial charge in [-0.2, -0.15) is 0 Å². The number of amides is 2. The number of rotatable bonds is 4. The molecular weight excluding hydrogens is 652 g/mol. The van der Waals surface area contributed by atoms with Gasteiger partial charge in [0.05, 0.1) is 46.6 Å². The highest BCUT2D eigenvalue weighted by molar-refractivity contribution is 5.98. The van der Waals surface area contributed by atoms with Crippen LogP contribution in [0, 0.1) is 17.7 Å². The summed E-state index contributed by atoms with van der Waals surface area (Å²) in [5.41, 5.74) is 1.14. The van der Waals surface area contributed by atoms with Crippen LogP contribution in [0.15, 0.2) is 30.3 Å². The van der Waals surface area contributed by atoms with Crippen molar-refractivity contribution < 1.29 is 35.9 Å². The number of nitrogens with one attached hydrogen (secondary N) is 3. The Balaban J connectivity index is 1.22. The molecule has 9 nitrogen and oxygen atoms in total. The Morgan fingerprint density at radius 3 is 2.61 bits per heavy atom. The minimum absolute atomic E-state index is 0.0866. The van der Waals surface area contributed by atoms with E-state index in [9.17, 15) is 22.8 Å². The van der Waals surface area contributed by atoms with Crippen LogP contribution in [-0.2, 0) is 11.3 Å². The van der Waals surface area contributed by atoms with Crippen molar-refractivity contribution in [1.82, 2.24) is 35.1 Å². The van der Waals surface area contributed by atoms with E-state index < -0.39 is 72.5 Å². The summed E-state index contributed by atoms with van der Waals surface area (Å²) >= 11 is 0. The molecule has 2 amide bonds. The van der Waals surface area contributed by atoms with Gasteiger partial charge in [0.15, 0.2) is 5.82 Å². The Hall–Kier alpha value is -4.14. The lowest BCUT2D eigenvalue weighted by atomic mass is 10.0. The van der Waals surface area contributed by atoms with Gasteiger partial charge in [-0.1, -0.05) is 0 Å². The van der Waals surface area contributed by atoms with Gasteiger partial charge in [0, 0.05) is 36.4 Å². The van der Waals surface area contributed by atoms with E-state index in [0.29, 0.717) is 28.8 Å². The first-order valence-corrected chi connectivity index (χ1v) is 16.8. The molecule has 0 spiro atoms. The van der Waals surface area contributed by atoms with Gasteiger partial charge in [-0.25, -0.2) is 36.3 Å². The molecule has 5 heterocycles. The van der Waals surface area contributed by atoms with E-state index >= 15 is 13.2 Å². The maximum absolute atomic E-state index is 15.7. The second-order valence-corrected chi connectivity index (χ2v) is 13.9. The summed E-state index contributed by atoms with van der Waals surface area (Å²) < 4.78 is 93.6. The number of imidazole rings is 1. The highest BCUT2D eigenvalue weighted by Crippen LogP contribution is 2.58. The first-order chi connectivity index (χ1) is 23.3.